The van der Waals surface area contributed by atoms with E-state index in [0.29, 0.717) is 11.1 Å². The van der Waals surface area contributed by atoms with E-state index in [-0.39, 0.29) is 18.1 Å². The van der Waals surface area contributed by atoms with Gasteiger partial charge < -0.3 is 9.47 Å². The lowest BCUT2D eigenvalue weighted by molar-refractivity contribution is -0.139. The van der Waals surface area contributed by atoms with Crippen molar-refractivity contribution in [1.29, 1.82) is 0 Å². The number of carbonyl (C=O) groups is 2. The van der Waals surface area contributed by atoms with E-state index in [1.54, 1.807) is 11.3 Å². The van der Waals surface area contributed by atoms with E-state index in [4.69, 9.17) is 9.47 Å². The lowest BCUT2D eigenvalue weighted by Crippen LogP contribution is -2.30. The van der Waals surface area contributed by atoms with Gasteiger partial charge in [0.1, 0.15) is 0 Å². The Morgan fingerprint density at radius 1 is 1.14 bits per heavy atom. The number of hydrogen-bond donors (Lipinski definition) is 0. The molecule has 21 heavy (non-hydrogen) atoms. The Balaban J connectivity index is 2.20. The van der Waals surface area contributed by atoms with Crippen LogP contribution in [0, 0.1) is 0 Å². The molecule has 0 N–H and O–H groups in total. The lowest BCUT2D eigenvalue weighted by atomic mass is 9.91. The molecule has 2 aliphatic heterocycles. The van der Waals surface area contributed by atoms with Crippen molar-refractivity contribution in [1.82, 2.24) is 4.90 Å². The van der Waals surface area contributed by atoms with Gasteiger partial charge in [-0.3, -0.25) is 4.90 Å². The van der Waals surface area contributed by atoms with Crippen molar-refractivity contribution < 1.29 is 19.1 Å². The Bertz CT molecular complexity index is 597. The number of thiophene rings is 1. The van der Waals surface area contributed by atoms with Crippen molar-refractivity contribution in [2.24, 2.45) is 0 Å². The normalized spacial score (nSPS) is 23.7. The van der Waals surface area contributed by atoms with Crippen molar-refractivity contribution in [3.63, 3.8) is 0 Å². The Hall–Kier alpha value is -1.66. The van der Waals surface area contributed by atoms with E-state index >= 15 is 0 Å². The van der Waals surface area contributed by atoms with Crippen LogP contribution >= 0.6 is 11.3 Å². The molecule has 0 aliphatic carbocycles. The summed E-state index contributed by atoms with van der Waals surface area (Å²) < 4.78 is 9.81. The molecule has 0 spiro atoms. The molecule has 1 aromatic rings. The fourth-order valence-electron chi connectivity index (χ4n) is 3.36. The SMILES string of the molecule is COC(=O)C1=C(C(=O)OC)C2c3sccc3C1N2C(C)C. The van der Waals surface area contributed by atoms with Crippen molar-refractivity contribution in [3.8, 4) is 0 Å². The average molecular weight is 307 g/mol. The number of fused-ring (bicyclic) bond motifs is 5. The average Bonchev–Trinajstić information content (AvgIpc) is 3.12. The summed E-state index contributed by atoms with van der Waals surface area (Å²) in [6.07, 6.45) is 0. The van der Waals surface area contributed by atoms with Crippen LogP contribution in [-0.2, 0) is 19.1 Å². The molecule has 0 fully saturated rings. The van der Waals surface area contributed by atoms with Crippen LogP contribution in [0.1, 0.15) is 36.4 Å². The third kappa shape index (κ3) is 1.79. The highest BCUT2D eigenvalue weighted by Gasteiger charge is 2.55. The smallest absolute Gasteiger partial charge is 0.336 e. The molecule has 112 valence electrons. The Kier molecular flexibility index (Phi) is 3.37. The molecule has 5 nitrogen and oxygen atoms in total. The number of carbonyl (C=O) groups excluding carboxylic acids is 2. The highest BCUT2D eigenvalue weighted by Crippen LogP contribution is 2.59. The van der Waals surface area contributed by atoms with E-state index in [0.717, 1.165) is 10.4 Å². The van der Waals surface area contributed by atoms with Gasteiger partial charge in [0.25, 0.3) is 0 Å². The second kappa shape index (κ2) is 4.96. The van der Waals surface area contributed by atoms with Gasteiger partial charge in [-0.05, 0) is 30.9 Å². The third-order valence-corrected chi connectivity index (χ3v) is 5.10. The first-order chi connectivity index (χ1) is 10.0. The Morgan fingerprint density at radius 3 is 2.24 bits per heavy atom. The molecule has 2 aliphatic rings. The van der Waals surface area contributed by atoms with Gasteiger partial charge in [0.05, 0.1) is 37.4 Å². The molecule has 0 aromatic carbocycles. The first kappa shape index (κ1) is 14.3. The number of ether oxygens (including phenoxy) is 2. The van der Waals surface area contributed by atoms with E-state index in [9.17, 15) is 9.59 Å². The van der Waals surface area contributed by atoms with Crippen LogP contribution in [0.5, 0.6) is 0 Å². The first-order valence-electron chi connectivity index (χ1n) is 6.78. The largest absolute Gasteiger partial charge is 0.466 e. The maximum Gasteiger partial charge on any atom is 0.336 e. The predicted octanol–water partition coefficient (Wildman–Crippen LogP) is 2.21. The fourth-order valence-corrected chi connectivity index (χ4v) is 4.41. The molecular formula is C15H17NO4S. The summed E-state index contributed by atoms with van der Waals surface area (Å²) in [5, 5.41) is 2.00. The molecular weight excluding hydrogens is 290 g/mol. The fraction of sp³-hybridized carbons (Fsp3) is 0.467. The van der Waals surface area contributed by atoms with E-state index in [1.807, 2.05) is 11.4 Å². The van der Waals surface area contributed by atoms with Gasteiger partial charge in [-0.2, -0.15) is 0 Å². The number of esters is 2. The standard InChI is InChI=1S/C15H17NO4S/c1-7(2)16-11-8-5-6-21-13(8)12(16)10(15(18)20-4)9(11)14(17)19-3/h5-7,11-12H,1-4H3. The quantitative estimate of drug-likeness (QED) is 0.801. The molecule has 0 saturated heterocycles. The van der Waals surface area contributed by atoms with E-state index in [2.05, 4.69) is 18.7 Å². The van der Waals surface area contributed by atoms with Gasteiger partial charge in [-0.15, -0.1) is 11.3 Å². The number of hydrogen-bond acceptors (Lipinski definition) is 6. The van der Waals surface area contributed by atoms with Crippen LogP contribution in [0.15, 0.2) is 22.6 Å². The van der Waals surface area contributed by atoms with Crippen LogP contribution in [0.3, 0.4) is 0 Å². The molecule has 0 saturated carbocycles. The molecule has 2 bridgehead atoms. The summed E-state index contributed by atoms with van der Waals surface area (Å²) in [5.41, 5.74) is 1.96. The molecule has 0 radical (unpaired) electrons. The van der Waals surface area contributed by atoms with Crippen molar-refractivity contribution >= 4 is 23.3 Å². The Morgan fingerprint density at radius 2 is 1.71 bits per heavy atom. The first-order valence-corrected chi connectivity index (χ1v) is 7.66. The summed E-state index contributed by atoms with van der Waals surface area (Å²) in [6.45, 7) is 4.12. The molecule has 6 heteroatoms. The summed E-state index contributed by atoms with van der Waals surface area (Å²) in [6, 6.07) is 1.81. The van der Waals surface area contributed by atoms with Crippen LogP contribution in [0.4, 0.5) is 0 Å². The zero-order valence-electron chi connectivity index (χ0n) is 12.4. The van der Waals surface area contributed by atoms with E-state index in [1.165, 1.54) is 14.2 Å². The summed E-state index contributed by atoms with van der Waals surface area (Å²) in [7, 11) is 2.68. The summed E-state index contributed by atoms with van der Waals surface area (Å²) in [4.78, 5) is 27.8. The topological polar surface area (TPSA) is 55.8 Å². The van der Waals surface area contributed by atoms with E-state index < -0.39 is 11.9 Å². The lowest BCUT2D eigenvalue weighted by Gasteiger charge is -2.27. The van der Waals surface area contributed by atoms with Crippen LogP contribution in [0.2, 0.25) is 0 Å². The zero-order valence-corrected chi connectivity index (χ0v) is 13.2. The molecule has 0 amide bonds. The molecule has 3 rings (SSSR count). The highest BCUT2D eigenvalue weighted by atomic mass is 32.1. The maximum absolute atomic E-state index is 12.2. The van der Waals surface area contributed by atoms with Crippen LogP contribution in [0.25, 0.3) is 0 Å². The summed E-state index contributed by atoms with van der Waals surface area (Å²) in [5.74, 6) is -0.905. The number of methoxy groups -OCH3 is 2. The molecule has 3 heterocycles. The summed E-state index contributed by atoms with van der Waals surface area (Å²) >= 11 is 1.61. The minimum atomic E-state index is -0.453. The van der Waals surface area contributed by atoms with Gasteiger partial charge in [-0.1, -0.05) is 0 Å². The highest BCUT2D eigenvalue weighted by molar-refractivity contribution is 7.10. The number of rotatable bonds is 3. The van der Waals surface area contributed by atoms with Gasteiger partial charge in [0, 0.05) is 10.9 Å². The second-order valence-corrected chi connectivity index (χ2v) is 6.34. The van der Waals surface area contributed by atoms with Crippen LogP contribution in [-0.4, -0.2) is 37.1 Å². The Labute approximate surface area is 127 Å². The molecule has 1 aromatic heterocycles. The van der Waals surface area contributed by atoms with Crippen molar-refractivity contribution in [2.75, 3.05) is 14.2 Å². The van der Waals surface area contributed by atoms with Gasteiger partial charge in [-0.25, -0.2) is 9.59 Å². The number of nitrogens with zero attached hydrogens (tertiary/aromatic N) is 1. The minimum Gasteiger partial charge on any atom is -0.466 e. The maximum atomic E-state index is 12.2. The second-order valence-electron chi connectivity index (χ2n) is 5.40. The van der Waals surface area contributed by atoms with Crippen molar-refractivity contribution in [2.45, 2.75) is 32.0 Å². The van der Waals surface area contributed by atoms with Crippen molar-refractivity contribution in [3.05, 3.63) is 33.0 Å². The van der Waals surface area contributed by atoms with Crippen LogP contribution < -0.4 is 0 Å². The molecule has 2 unspecified atom stereocenters. The minimum absolute atomic E-state index is 0.196. The predicted molar refractivity (Wildman–Crippen MR) is 77.8 cm³/mol. The monoisotopic (exact) mass is 307 g/mol. The third-order valence-electron chi connectivity index (χ3n) is 4.11. The van der Waals surface area contributed by atoms with Gasteiger partial charge >= 0.3 is 11.9 Å². The van der Waals surface area contributed by atoms with Gasteiger partial charge in [0.15, 0.2) is 0 Å². The molecule has 2 atom stereocenters. The van der Waals surface area contributed by atoms with Gasteiger partial charge in [0.2, 0.25) is 0 Å². The zero-order chi connectivity index (χ0) is 15.3.